The summed E-state index contributed by atoms with van der Waals surface area (Å²) in [6.45, 7) is 1.84. The number of rotatable bonds is 6. The summed E-state index contributed by atoms with van der Waals surface area (Å²) in [7, 11) is 0. The molecule has 0 aliphatic carbocycles. The molecule has 2 aromatic carbocycles. The minimum Gasteiger partial charge on any atom is -0.360 e. The highest BCUT2D eigenvalue weighted by molar-refractivity contribution is 5.92. The van der Waals surface area contributed by atoms with Gasteiger partial charge in [0.15, 0.2) is 5.65 Å². The number of anilines is 1. The zero-order chi connectivity index (χ0) is 24.9. The number of piperazine rings is 1. The quantitative estimate of drug-likeness (QED) is 0.425. The van der Waals surface area contributed by atoms with Crippen molar-refractivity contribution in [3.63, 3.8) is 0 Å². The Bertz CT molecular complexity index is 1410. The summed E-state index contributed by atoms with van der Waals surface area (Å²) >= 11 is 0. The fourth-order valence-electron chi connectivity index (χ4n) is 4.20. The molecule has 0 radical (unpaired) electrons. The third kappa shape index (κ3) is 4.95. The molecule has 0 atom stereocenters. The molecule has 1 fully saturated rings. The standard InChI is InChI=1S/C27H25FN6O2/c28-22-9-5-4-8-21(22)26-27(34-13-12-29-18-23(34)31-26)30-19-25(36)33-16-14-32(15-17-33)24(35)11-10-20-6-2-1-3-7-20/h1-13,18,30H,14-17,19H2. The van der Waals surface area contributed by atoms with Crippen molar-refractivity contribution >= 4 is 29.4 Å². The molecule has 36 heavy (non-hydrogen) atoms. The predicted molar refractivity (Wildman–Crippen MR) is 136 cm³/mol. The molecular weight excluding hydrogens is 459 g/mol. The normalized spacial score (nSPS) is 13.9. The van der Waals surface area contributed by atoms with E-state index in [1.54, 1.807) is 63.1 Å². The second-order valence-electron chi connectivity index (χ2n) is 8.40. The minimum absolute atomic E-state index is 0.0133. The van der Waals surface area contributed by atoms with E-state index in [-0.39, 0.29) is 18.4 Å². The van der Waals surface area contributed by atoms with Crippen LogP contribution in [0.3, 0.4) is 0 Å². The third-order valence-electron chi connectivity index (χ3n) is 6.13. The van der Waals surface area contributed by atoms with Crippen LogP contribution in [0.15, 0.2) is 79.3 Å². The number of fused-ring (bicyclic) bond motifs is 1. The Hall–Kier alpha value is -4.53. The van der Waals surface area contributed by atoms with Crippen molar-refractivity contribution in [2.24, 2.45) is 0 Å². The number of nitrogens with one attached hydrogen (secondary N) is 1. The van der Waals surface area contributed by atoms with Crippen LogP contribution in [-0.4, -0.2) is 68.7 Å². The number of nitrogens with zero attached hydrogens (tertiary/aromatic N) is 5. The largest absolute Gasteiger partial charge is 0.360 e. The van der Waals surface area contributed by atoms with Crippen molar-refractivity contribution in [2.75, 3.05) is 38.0 Å². The zero-order valence-electron chi connectivity index (χ0n) is 19.5. The number of hydrogen-bond donors (Lipinski definition) is 1. The number of halogens is 1. The second kappa shape index (κ2) is 10.4. The van der Waals surface area contributed by atoms with Gasteiger partial charge in [0.2, 0.25) is 11.8 Å². The van der Waals surface area contributed by atoms with Crippen molar-refractivity contribution < 1.29 is 14.0 Å². The van der Waals surface area contributed by atoms with Gasteiger partial charge >= 0.3 is 0 Å². The Kier molecular flexibility index (Phi) is 6.70. The maximum absolute atomic E-state index is 14.5. The molecule has 0 saturated carbocycles. The monoisotopic (exact) mass is 484 g/mol. The molecule has 2 amide bonds. The van der Waals surface area contributed by atoms with Gasteiger partial charge in [0.1, 0.15) is 17.3 Å². The Labute approximate surface area is 207 Å². The average molecular weight is 485 g/mol. The first-order valence-corrected chi connectivity index (χ1v) is 11.7. The summed E-state index contributed by atoms with van der Waals surface area (Å²) in [6.07, 6.45) is 8.27. The average Bonchev–Trinajstić information content (AvgIpc) is 3.29. The molecular formula is C27H25FN6O2. The van der Waals surface area contributed by atoms with Crippen LogP contribution in [0.5, 0.6) is 0 Å². The van der Waals surface area contributed by atoms with Crippen molar-refractivity contribution in [2.45, 2.75) is 0 Å². The molecule has 2 aromatic heterocycles. The molecule has 8 nitrogen and oxygen atoms in total. The van der Waals surface area contributed by atoms with Crippen LogP contribution in [0.25, 0.3) is 23.0 Å². The van der Waals surface area contributed by atoms with Gasteiger partial charge < -0.3 is 15.1 Å². The predicted octanol–water partition coefficient (Wildman–Crippen LogP) is 3.33. The first kappa shape index (κ1) is 23.2. The van der Waals surface area contributed by atoms with Crippen molar-refractivity contribution in [3.05, 3.63) is 90.6 Å². The highest BCUT2D eigenvalue weighted by Crippen LogP contribution is 2.30. The van der Waals surface area contributed by atoms with Crippen molar-refractivity contribution in [1.29, 1.82) is 0 Å². The number of imidazole rings is 1. The molecule has 1 saturated heterocycles. The van der Waals surface area contributed by atoms with Gasteiger partial charge in [-0.1, -0.05) is 42.5 Å². The number of hydrogen-bond acceptors (Lipinski definition) is 5. The van der Waals surface area contributed by atoms with Crippen LogP contribution in [0, 0.1) is 5.82 Å². The molecule has 1 aliphatic rings. The molecule has 1 N–H and O–H groups in total. The lowest BCUT2D eigenvalue weighted by Crippen LogP contribution is -2.51. The van der Waals surface area contributed by atoms with Crippen LogP contribution in [0.4, 0.5) is 10.2 Å². The second-order valence-corrected chi connectivity index (χ2v) is 8.40. The number of amides is 2. The van der Waals surface area contributed by atoms with E-state index in [1.807, 2.05) is 30.3 Å². The summed E-state index contributed by atoms with van der Waals surface area (Å²) in [5.74, 6) is -0.0561. The van der Waals surface area contributed by atoms with E-state index in [1.165, 1.54) is 6.07 Å². The summed E-state index contributed by atoms with van der Waals surface area (Å²) in [5.41, 5.74) is 2.26. The van der Waals surface area contributed by atoms with Crippen LogP contribution in [0.2, 0.25) is 0 Å². The highest BCUT2D eigenvalue weighted by atomic mass is 19.1. The van der Waals surface area contributed by atoms with Gasteiger partial charge in [-0.3, -0.25) is 19.0 Å². The number of carbonyl (C=O) groups is 2. The SMILES string of the molecule is O=C(C=Cc1ccccc1)N1CCN(C(=O)CNc2c(-c3ccccc3F)nc3cnccn23)CC1. The molecule has 9 heteroatoms. The molecule has 4 aromatic rings. The lowest BCUT2D eigenvalue weighted by Gasteiger charge is -2.34. The van der Waals surface area contributed by atoms with E-state index >= 15 is 0 Å². The molecule has 0 unspecified atom stereocenters. The number of benzene rings is 2. The maximum Gasteiger partial charge on any atom is 0.246 e. The fraction of sp³-hybridized carbons (Fsp3) is 0.185. The number of carbonyl (C=O) groups excluding carboxylic acids is 2. The Morgan fingerprint density at radius 3 is 2.47 bits per heavy atom. The van der Waals surface area contributed by atoms with Crippen LogP contribution in [0.1, 0.15) is 5.56 Å². The van der Waals surface area contributed by atoms with Crippen molar-refractivity contribution in [3.8, 4) is 11.3 Å². The third-order valence-corrected chi connectivity index (χ3v) is 6.13. The lowest BCUT2D eigenvalue weighted by atomic mass is 10.1. The Balaban J connectivity index is 1.22. The minimum atomic E-state index is -0.398. The van der Waals surface area contributed by atoms with E-state index < -0.39 is 5.82 Å². The van der Waals surface area contributed by atoms with Gasteiger partial charge in [-0.05, 0) is 23.8 Å². The van der Waals surface area contributed by atoms with E-state index in [9.17, 15) is 14.0 Å². The smallest absolute Gasteiger partial charge is 0.246 e. The van der Waals surface area contributed by atoms with Crippen molar-refractivity contribution in [1.82, 2.24) is 24.2 Å². The number of aromatic nitrogens is 3. The van der Waals surface area contributed by atoms with Crippen LogP contribution < -0.4 is 5.32 Å². The van der Waals surface area contributed by atoms with Gasteiger partial charge in [0, 0.05) is 50.2 Å². The Morgan fingerprint density at radius 1 is 0.972 bits per heavy atom. The molecule has 3 heterocycles. The molecule has 0 spiro atoms. The van der Waals surface area contributed by atoms with E-state index in [0.29, 0.717) is 48.9 Å². The molecule has 1 aliphatic heterocycles. The van der Waals surface area contributed by atoms with Crippen LogP contribution in [-0.2, 0) is 9.59 Å². The van der Waals surface area contributed by atoms with Gasteiger partial charge in [-0.25, -0.2) is 9.37 Å². The maximum atomic E-state index is 14.5. The van der Waals surface area contributed by atoms with Gasteiger partial charge in [-0.2, -0.15) is 0 Å². The lowest BCUT2D eigenvalue weighted by molar-refractivity contribution is -0.135. The van der Waals surface area contributed by atoms with E-state index in [2.05, 4.69) is 15.3 Å². The molecule has 5 rings (SSSR count). The topological polar surface area (TPSA) is 82.8 Å². The first-order chi connectivity index (χ1) is 17.6. The highest BCUT2D eigenvalue weighted by Gasteiger charge is 2.24. The Morgan fingerprint density at radius 2 is 1.69 bits per heavy atom. The molecule has 182 valence electrons. The summed E-state index contributed by atoms with van der Waals surface area (Å²) in [4.78, 5) is 37.6. The van der Waals surface area contributed by atoms with Crippen LogP contribution >= 0.6 is 0 Å². The zero-order valence-corrected chi connectivity index (χ0v) is 19.5. The van der Waals surface area contributed by atoms with Gasteiger partial charge in [0.05, 0.1) is 12.7 Å². The first-order valence-electron chi connectivity index (χ1n) is 11.7. The summed E-state index contributed by atoms with van der Waals surface area (Å²) in [6, 6.07) is 16.0. The van der Waals surface area contributed by atoms with Gasteiger partial charge in [0.25, 0.3) is 0 Å². The van der Waals surface area contributed by atoms with E-state index in [4.69, 9.17) is 0 Å². The fourth-order valence-corrected chi connectivity index (χ4v) is 4.20. The van der Waals surface area contributed by atoms with Gasteiger partial charge in [-0.15, -0.1) is 0 Å². The summed E-state index contributed by atoms with van der Waals surface area (Å²) in [5, 5.41) is 3.15. The molecule has 0 bridgehead atoms. The summed E-state index contributed by atoms with van der Waals surface area (Å²) < 4.78 is 16.3. The van der Waals surface area contributed by atoms with E-state index in [0.717, 1.165) is 5.56 Å².